The van der Waals surface area contributed by atoms with Crippen molar-refractivity contribution in [2.75, 3.05) is 33.9 Å². The first-order valence-corrected chi connectivity index (χ1v) is 11.5. The molecule has 1 aliphatic rings. The van der Waals surface area contributed by atoms with Crippen molar-refractivity contribution in [2.45, 2.75) is 30.9 Å². The molecule has 1 heterocycles. The van der Waals surface area contributed by atoms with Crippen LogP contribution in [0.2, 0.25) is 0 Å². The molecule has 0 fully saturated rings. The van der Waals surface area contributed by atoms with Crippen LogP contribution >= 0.6 is 0 Å². The van der Waals surface area contributed by atoms with Crippen LogP contribution in [0.4, 0.5) is 0 Å². The van der Waals surface area contributed by atoms with E-state index in [1.165, 1.54) is 4.31 Å². The van der Waals surface area contributed by atoms with Crippen molar-refractivity contribution >= 4 is 10.0 Å². The Kier molecular flexibility index (Phi) is 7.02. The standard InChI is InChI=1S/C22H30N2O5S/c1-15-13-24(16(2)14-25)30(26,27)22-10-9-17(11-20(22)29-21(15)12-23-3)18-7-5-6-8-19(18)28-4/h5-11,15-16,21,23,25H,12-14H2,1-4H3/t15-,16+,21+/m1/s1. The Labute approximate surface area is 178 Å². The summed E-state index contributed by atoms with van der Waals surface area (Å²) >= 11 is 0. The highest BCUT2D eigenvalue weighted by Crippen LogP contribution is 2.38. The summed E-state index contributed by atoms with van der Waals surface area (Å²) in [5.74, 6) is 0.923. The third kappa shape index (κ3) is 4.32. The number of aliphatic hydroxyl groups excluding tert-OH is 1. The van der Waals surface area contributed by atoms with Gasteiger partial charge in [-0.05, 0) is 37.7 Å². The minimum absolute atomic E-state index is 0.0794. The van der Waals surface area contributed by atoms with Crippen LogP contribution < -0.4 is 14.8 Å². The number of fused-ring (bicyclic) bond motifs is 1. The van der Waals surface area contributed by atoms with E-state index in [1.54, 1.807) is 32.2 Å². The lowest BCUT2D eigenvalue weighted by atomic mass is 10.0. The van der Waals surface area contributed by atoms with E-state index in [4.69, 9.17) is 9.47 Å². The number of methoxy groups -OCH3 is 1. The summed E-state index contributed by atoms with van der Waals surface area (Å²) in [6, 6.07) is 12.1. The summed E-state index contributed by atoms with van der Waals surface area (Å²) in [5, 5.41) is 12.8. The van der Waals surface area contributed by atoms with Crippen LogP contribution in [0.1, 0.15) is 13.8 Å². The van der Waals surface area contributed by atoms with Gasteiger partial charge in [0.05, 0.1) is 13.7 Å². The lowest BCUT2D eigenvalue weighted by Gasteiger charge is -2.36. The molecule has 7 nitrogen and oxygen atoms in total. The van der Waals surface area contributed by atoms with Crippen LogP contribution in [0, 0.1) is 5.92 Å². The molecule has 0 saturated carbocycles. The SMILES string of the molecule is CNC[C@@H]1Oc2cc(-c3ccccc3OC)ccc2S(=O)(=O)N([C@@H](C)CO)C[C@H]1C. The number of sulfonamides is 1. The quantitative estimate of drug-likeness (QED) is 0.726. The summed E-state index contributed by atoms with van der Waals surface area (Å²) in [4.78, 5) is 0.106. The fourth-order valence-electron chi connectivity index (χ4n) is 3.72. The topological polar surface area (TPSA) is 88.1 Å². The van der Waals surface area contributed by atoms with Crippen molar-refractivity contribution in [1.29, 1.82) is 0 Å². The Morgan fingerprint density at radius 3 is 2.70 bits per heavy atom. The number of likely N-dealkylation sites (N-methyl/N-ethyl adjacent to an activating group) is 1. The number of benzene rings is 2. The molecule has 0 saturated heterocycles. The number of rotatable bonds is 6. The van der Waals surface area contributed by atoms with Gasteiger partial charge in [0, 0.05) is 30.6 Å². The van der Waals surface area contributed by atoms with Gasteiger partial charge in [0.1, 0.15) is 22.5 Å². The summed E-state index contributed by atoms with van der Waals surface area (Å²) < 4.78 is 40.0. The zero-order chi connectivity index (χ0) is 21.9. The number of nitrogens with zero attached hydrogens (tertiary/aromatic N) is 1. The van der Waals surface area contributed by atoms with Crippen molar-refractivity contribution in [2.24, 2.45) is 5.92 Å². The maximum atomic E-state index is 13.5. The molecule has 1 aliphatic heterocycles. The molecule has 164 valence electrons. The zero-order valence-corrected chi connectivity index (χ0v) is 18.6. The molecule has 0 unspecified atom stereocenters. The van der Waals surface area contributed by atoms with Crippen molar-refractivity contribution in [3.8, 4) is 22.6 Å². The molecule has 8 heteroatoms. The zero-order valence-electron chi connectivity index (χ0n) is 17.8. The maximum Gasteiger partial charge on any atom is 0.247 e. The third-order valence-corrected chi connectivity index (χ3v) is 7.51. The van der Waals surface area contributed by atoms with E-state index in [2.05, 4.69) is 5.32 Å². The fraction of sp³-hybridized carbons (Fsp3) is 0.455. The van der Waals surface area contributed by atoms with Gasteiger partial charge in [-0.15, -0.1) is 0 Å². The highest BCUT2D eigenvalue weighted by Gasteiger charge is 2.37. The highest BCUT2D eigenvalue weighted by molar-refractivity contribution is 7.89. The van der Waals surface area contributed by atoms with Crippen LogP contribution in [0.5, 0.6) is 11.5 Å². The number of para-hydroxylation sites is 1. The lowest BCUT2D eigenvalue weighted by Crippen LogP contribution is -2.49. The van der Waals surface area contributed by atoms with E-state index in [9.17, 15) is 13.5 Å². The van der Waals surface area contributed by atoms with E-state index >= 15 is 0 Å². The third-order valence-electron chi connectivity index (χ3n) is 5.49. The van der Waals surface area contributed by atoms with Gasteiger partial charge >= 0.3 is 0 Å². The molecule has 2 aromatic rings. The molecule has 3 rings (SSSR count). The van der Waals surface area contributed by atoms with E-state index in [0.29, 0.717) is 18.0 Å². The van der Waals surface area contributed by atoms with Gasteiger partial charge in [-0.2, -0.15) is 4.31 Å². The van der Waals surface area contributed by atoms with Crippen LogP contribution in [0.3, 0.4) is 0 Å². The summed E-state index contributed by atoms with van der Waals surface area (Å²) in [6.45, 7) is 4.26. The van der Waals surface area contributed by atoms with Gasteiger partial charge in [-0.1, -0.05) is 31.2 Å². The summed E-state index contributed by atoms with van der Waals surface area (Å²) in [5.41, 5.74) is 1.66. The smallest absolute Gasteiger partial charge is 0.247 e. The van der Waals surface area contributed by atoms with Crippen LogP contribution in [0.15, 0.2) is 47.4 Å². The molecule has 3 atom stereocenters. The van der Waals surface area contributed by atoms with Crippen LogP contribution in [-0.2, 0) is 10.0 Å². The Balaban J connectivity index is 2.17. The van der Waals surface area contributed by atoms with Gasteiger partial charge in [-0.3, -0.25) is 0 Å². The Bertz CT molecular complexity index is 979. The lowest BCUT2D eigenvalue weighted by molar-refractivity contribution is 0.103. The van der Waals surface area contributed by atoms with Crippen LogP contribution in [0.25, 0.3) is 11.1 Å². The average molecular weight is 435 g/mol. The van der Waals surface area contributed by atoms with E-state index in [1.807, 2.05) is 38.2 Å². The molecule has 0 aliphatic carbocycles. The van der Waals surface area contributed by atoms with E-state index in [-0.39, 0.29) is 30.1 Å². The second-order valence-electron chi connectivity index (χ2n) is 7.66. The van der Waals surface area contributed by atoms with Gasteiger partial charge in [0.15, 0.2) is 0 Å². The number of hydrogen-bond acceptors (Lipinski definition) is 6. The largest absolute Gasteiger partial charge is 0.496 e. The van der Waals surface area contributed by atoms with Crippen molar-refractivity contribution < 1.29 is 23.0 Å². The predicted octanol–water partition coefficient (Wildman–Crippen LogP) is 2.35. The molecular formula is C22H30N2O5S. The minimum atomic E-state index is -3.84. The van der Waals surface area contributed by atoms with E-state index < -0.39 is 16.1 Å². The molecule has 2 N–H and O–H groups in total. The molecule has 0 radical (unpaired) electrons. The monoisotopic (exact) mass is 434 g/mol. The fourth-order valence-corrected chi connectivity index (χ4v) is 5.55. The van der Waals surface area contributed by atoms with Crippen LogP contribution in [-0.4, -0.2) is 63.8 Å². The number of aliphatic hydroxyl groups is 1. The van der Waals surface area contributed by atoms with Crippen molar-refractivity contribution in [3.05, 3.63) is 42.5 Å². The number of nitrogens with one attached hydrogen (secondary N) is 1. The second-order valence-corrected chi connectivity index (χ2v) is 9.52. The highest BCUT2D eigenvalue weighted by atomic mass is 32.2. The molecule has 0 spiro atoms. The maximum absolute atomic E-state index is 13.5. The summed E-state index contributed by atoms with van der Waals surface area (Å²) in [6.07, 6.45) is -0.231. The number of ether oxygens (including phenoxy) is 2. The Morgan fingerprint density at radius 2 is 2.03 bits per heavy atom. The Hall–Kier alpha value is -2.13. The predicted molar refractivity (Wildman–Crippen MR) is 116 cm³/mol. The average Bonchev–Trinajstić information content (AvgIpc) is 2.75. The molecular weight excluding hydrogens is 404 g/mol. The normalized spacial score (nSPS) is 22.3. The Morgan fingerprint density at radius 1 is 1.30 bits per heavy atom. The van der Waals surface area contributed by atoms with Gasteiger partial charge in [0.25, 0.3) is 0 Å². The van der Waals surface area contributed by atoms with Crippen molar-refractivity contribution in [1.82, 2.24) is 9.62 Å². The summed E-state index contributed by atoms with van der Waals surface area (Å²) in [7, 11) is -0.401. The molecule has 0 aromatic heterocycles. The molecule has 2 aromatic carbocycles. The first-order chi connectivity index (χ1) is 14.3. The first-order valence-electron chi connectivity index (χ1n) is 10.0. The number of hydrogen-bond donors (Lipinski definition) is 2. The second kappa shape index (κ2) is 9.34. The van der Waals surface area contributed by atoms with E-state index in [0.717, 1.165) is 11.1 Å². The van der Waals surface area contributed by atoms with Gasteiger partial charge < -0.3 is 19.9 Å². The van der Waals surface area contributed by atoms with Gasteiger partial charge in [0.2, 0.25) is 10.0 Å². The molecule has 0 bridgehead atoms. The first kappa shape index (κ1) is 22.6. The minimum Gasteiger partial charge on any atom is -0.496 e. The van der Waals surface area contributed by atoms with Gasteiger partial charge in [-0.25, -0.2) is 8.42 Å². The molecule has 0 amide bonds. The van der Waals surface area contributed by atoms with Crippen molar-refractivity contribution in [3.63, 3.8) is 0 Å². The molecule has 30 heavy (non-hydrogen) atoms.